The van der Waals surface area contributed by atoms with Crippen molar-refractivity contribution in [2.24, 2.45) is 0 Å². The molecule has 0 bridgehead atoms. The topological polar surface area (TPSA) is 38.7 Å². The van der Waals surface area contributed by atoms with Crippen molar-refractivity contribution < 1.29 is 4.39 Å². The largest absolute Gasteiger partial charge is 0.244 e. The van der Waals surface area contributed by atoms with Gasteiger partial charge in [-0.25, -0.2) is 15.0 Å². The van der Waals surface area contributed by atoms with Gasteiger partial charge in [0.25, 0.3) is 0 Å². The lowest BCUT2D eigenvalue weighted by Crippen LogP contribution is -1.85. The van der Waals surface area contributed by atoms with Crippen LogP contribution < -0.4 is 0 Å². The molecule has 4 heteroatoms. The molecule has 3 nitrogen and oxygen atoms in total. The van der Waals surface area contributed by atoms with Gasteiger partial charge in [0.2, 0.25) is 5.95 Å². The first-order valence-electron chi connectivity index (χ1n) is 3.07. The molecule has 0 saturated carbocycles. The first kappa shape index (κ1) is 6.15. The third kappa shape index (κ3) is 1.02. The number of rotatable bonds is 0. The molecule has 2 aromatic heterocycles. The summed E-state index contributed by atoms with van der Waals surface area (Å²) >= 11 is 0. The average molecular weight is 149 g/mol. The molecule has 0 aliphatic rings. The molecule has 0 N–H and O–H groups in total. The van der Waals surface area contributed by atoms with Crippen LogP contribution in [0, 0.1) is 5.95 Å². The predicted octanol–water partition coefficient (Wildman–Crippen LogP) is 1.16. The lowest BCUT2D eigenvalue weighted by molar-refractivity contribution is 0.586. The first-order valence-corrected chi connectivity index (χ1v) is 3.07. The van der Waals surface area contributed by atoms with E-state index >= 15 is 0 Å². The van der Waals surface area contributed by atoms with Crippen molar-refractivity contribution in [3.05, 3.63) is 30.7 Å². The van der Waals surface area contributed by atoms with Crippen LogP contribution in [0.2, 0.25) is 0 Å². The van der Waals surface area contributed by atoms with E-state index in [1.54, 1.807) is 6.20 Å². The van der Waals surface area contributed by atoms with E-state index in [4.69, 9.17) is 0 Å². The Balaban J connectivity index is 2.83. The Labute approximate surface area is 61.9 Å². The van der Waals surface area contributed by atoms with Crippen molar-refractivity contribution in [3.63, 3.8) is 0 Å². The fraction of sp³-hybridized carbons (Fsp3) is 0. The van der Waals surface area contributed by atoms with Gasteiger partial charge in [-0.2, -0.15) is 4.39 Å². The summed E-state index contributed by atoms with van der Waals surface area (Å²) < 4.78 is 12.5. The number of nitrogens with zero attached hydrogens (tertiary/aromatic N) is 3. The van der Waals surface area contributed by atoms with E-state index in [1.165, 1.54) is 18.6 Å². The van der Waals surface area contributed by atoms with E-state index in [-0.39, 0.29) is 0 Å². The SMILES string of the molecule is Fc1cc2ncncc2cn1. The first-order chi connectivity index (χ1) is 5.36. The van der Waals surface area contributed by atoms with Crippen LogP contribution in [-0.4, -0.2) is 15.0 Å². The zero-order valence-electron chi connectivity index (χ0n) is 5.53. The van der Waals surface area contributed by atoms with Crippen LogP contribution in [0.4, 0.5) is 4.39 Å². The van der Waals surface area contributed by atoms with Crippen LogP contribution in [0.5, 0.6) is 0 Å². The van der Waals surface area contributed by atoms with Crippen molar-refractivity contribution in [2.45, 2.75) is 0 Å². The van der Waals surface area contributed by atoms with Crippen LogP contribution in [0.25, 0.3) is 10.9 Å². The van der Waals surface area contributed by atoms with E-state index in [0.29, 0.717) is 5.52 Å². The molecule has 0 atom stereocenters. The van der Waals surface area contributed by atoms with E-state index < -0.39 is 5.95 Å². The molecule has 54 valence electrons. The minimum absolute atomic E-state index is 0.517. The highest BCUT2D eigenvalue weighted by Crippen LogP contribution is 2.07. The summed E-state index contributed by atoms with van der Waals surface area (Å²) in [5.41, 5.74) is 0.576. The van der Waals surface area contributed by atoms with Gasteiger partial charge in [-0.05, 0) is 0 Å². The molecular formula is C7H4FN3. The third-order valence-corrected chi connectivity index (χ3v) is 1.36. The maximum Gasteiger partial charge on any atom is 0.215 e. The highest BCUT2D eigenvalue weighted by atomic mass is 19.1. The molecule has 0 saturated heterocycles. The molecule has 0 spiro atoms. The van der Waals surface area contributed by atoms with Crippen molar-refractivity contribution in [1.29, 1.82) is 0 Å². The predicted molar refractivity (Wildman–Crippen MR) is 37.3 cm³/mol. The molecule has 2 aromatic rings. The van der Waals surface area contributed by atoms with Crippen molar-refractivity contribution in [2.75, 3.05) is 0 Å². The molecule has 0 aliphatic carbocycles. The number of pyridine rings is 1. The number of hydrogen-bond acceptors (Lipinski definition) is 3. The van der Waals surface area contributed by atoms with E-state index in [2.05, 4.69) is 15.0 Å². The van der Waals surface area contributed by atoms with Crippen LogP contribution in [0.1, 0.15) is 0 Å². The molecule has 0 unspecified atom stereocenters. The van der Waals surface area contributed by atoms with E-state index in [1.807, 2.05) is 0 Å². The normalized spacial score (nSPS) is 10.3. The standard InChI is InChI=1S/C7H4FN3/c8-7-1-6-5(3-10-7)2-9-4-11-6/h1-4H. The van der Waals surface area contributed by atoms with Gasteiger partial charge in [0.1, 0.15) is 6.33 Å². The Bertz CT molecular complexity index is 388. The number of hydrogen-bond donors (Lipinski definition) is 0. The maximum absolute atomic E-state index is 12.5. The smallest absolute Gasteiger partial charge is 0.215 e. The van der Waals surface area contributed by atoms with Gasteiger partial charge < -0.3 is 0 Å². The summed E-state index contributed by atoms with van der Waals surface area (Å²) in [7, 11) is 0. The third-order valence-electron chi connectivity index (χ3n) is 1.36. The Hall–Kier alpha value is -1.58. The number of fused-ring (bicyclic) bond motifs is 1. The average Bonchev–Trinajstić information content (AvgIpc) is 2.04. The quantitative estimate of drug-likeness (QED) is 0.527. The fourth-order valence-corrected chi connectivity index (χ4v) is 0.851. The second kappa shape index (κ2) is 2.23. The summed E-state index contributed by atoms with van der Waals surface area (Å²) in [6.07, 6.45) is 4.38. The summed E-state index contributed by atoms with van der Waals surface area (Å²) in [4.78, 5) is 11.1. The van der Waals surface area contributed by atoms with Crippen molar-refractivity contribution in [3.8, 4) is 0 Å². The van der Waals surface area contributed by atoms with Gasteiger partial charge in [0.05, 0.1) is 5.52 Å². The fourth-order valence-electron chi connectivity index (χ4n) is 0.851. The van der Waals surface area contributed by atoms with Crippen LogP contribution in [0.15, 0.2) is 24.8 Å². The summed E-state index contributed by atoms with van der Waals surface area (Å²) in [5, 5.41) is 0.744. The zero-order chi connectivity index (χ0) is 7.68. The lowest BCUT2D eigenvalue weighted by atomic mass is 10.3. The molecule has 0 radical (unpaired) electrons. The van der Waals surface area contributed by atoms with E-state index in [9.17, 15) is 4.39 Å². The van der Waals surface area contributed by atoms with Crippen LogP contribution in [-0.2, 0) is 0 Å². The Morgan fingerprint density at radius 3 is 3.00 bits per heavy atom. The van der Waals surface area contributed by atoms with Gasteiger partial charge in [0.15, 0.2) is 0 Å². The number of aromatic nitrogens is 3. The van der Waals surface area contributed by atoms with Gasteiger partial charge in [-0.1, -0.05) is 0 Å². The van der Waals surface area contributed by atoms with Crippen LogP contribution in [0.3, 0.4) is 0 Å². The lowest BCUT2D eigenvalue weighted by Gasteiger charge is -1.92. The maximum atomic E-state index is 12.5. The van der Waals surface area contributed by atoms with E-state index in [0.717, 1.165) is 5.39 Å². The van der Waals surface area contributed by atoms with Crippen LogP contribution >= 0.6 is 0 Å². The minimum Gasteiger partial charge on any atom is -0.244 e. The van der Waals surface area contributed by atoms with Crippen molar-refractivity contribution in [1.82, 2.24) is 15.0 Å². The minimum atomic E-state index is -0.517. The molecule has 2 rings (SSSR count). The molecule has 0 aliphatic heterocycles. The molecule has 0 amide bonds. The number of halogens is 1. The highest BCUT2D eigenvalue weighted by Gasteiger charge is 1.95. The molecular weight excluding hydrogens is 145 g/mol. The molecule has 2 heterocycles. The van der Waals surface area contributed by atoms with Gasteiger partial charge >= 0.3 is 0 Å². The Morgan fingerprint density at radius 2 is 2.09 bits per heavy atom. The zero-order valence-corrected chi connectivity index (χ0v) is 5.53. The van der Waals surface area contributed by atoms with Gasteiger partial charge in [0, 0.05) is 23.8 Å². The second-order valence-corrected chi connectivity index (χ2v) is 2.09. The Kier molecular flexibility index (Phi) is 1.25. The monoisotopic (exact) mass is 149 g/mol. The van der Waals surface area contributed by atoms with Gasteiger partial charge in [-0.3, -0.25) is 0 Å². The molecule has 0 aromatic carbocycles. The summed E-state index contributed by atoms with van der Waals surface area (Å²) in [6, 6.07) is 1.27. The second-order valence-electron chi connectivity index (χ2n) is 2.09. The Morgan fingerprint density at radius 1 is 1.18 bits per heavy atom. The molecule has 11 heavy (non-hydrogen) atoms. The van der Waals surface area contributed by atoms with Gasteiger partial charge in [-0.15, -0.1) is 0 Å². The molecule has 0 fully saturated rings. The highest BCUT2D eigenvalue weighted by molar-refractivity contribution is 5.75. The summed E-state index contributed by atoms with van der Waals surface area (Å²) in [5.74, 6) is -0.517. The summed E-state index contributed by atoms with van der Waals surface area (Å²) in [6.45, 7) is 0. The van der Waals surface area contributed by atoms with Crippen molar-refractivity contribution >= 4 is 10.9 Å².